The van der Waals surface area contributed by atoms with Crippen molar-refractivity contribution in [3.05, 3.63) is 41.4 Å². The molecule has 0 aliphatic heterocycles. The molecule has 2 aromatic heterocycles. The molecule has 0 saturated heterocycles. The van der Waals surface area contributed by atoms with Crippen LogP contribution in [0.25, 0.3) is 0 Å². The molecule has 0 N–H and O–H groups in total. The summed E-state index contributed by atoms with van der Waals surface area (Å²) in [6.45, 7) is 0.386. The van der Waals surface area contributed by atoms with Crippen LogP contribution in [0.3, 0.4) is 0 Å². The first-order chi connectivity index (χ1) is 6.84. The van der Waals surface area contributed by atoms with Gasteiger partial charge in [0.25, 0.3) is 0 Å². The van der Waals surface area contributed by atoms with Crippen molar-refractivity contribution in [3.63, 3.8) is 0 Å². The third-order valence-corrected chi connectivity index (χ3v) is 2.01. The Bertz CT molecular complexity index is 401. The average Bonchev–Trinajstić information content (AvgIpc) is 2.63. The first-order valence-electron chi connectivity index (χ1n) is 4.05. The average molecular weight is 254 g/mol. The predicted molar refractivity (Wildman–Crippen MR) is 54.8 cm³/mol. The molecule has 0 spiro atoms. The van der Waals surface area contributed by atoms with Crippen LogP contribution in [0.15, 0.2) is 41.4 Å². The first-order valence-corrected chi connectivity index (χ1v) is 4.85. The number of hydrogen-bond acceptors (Lipinski definition) is 3. The van der Waals surface area contributed by atoms with Gasteiger partial charge in [-0.25, -0.2) is 4.68 Å². The van der Waals surface area contributed by atoms with E-state index in [1.807, 2.05) is 18.3 Å². The molecule has 0 amide bonds. The summed E-state index contributed by atoms with van der Waals surface area (Å²) >= 11 is 3.31. The minimum absolute atomic E-state index is 0.386. The molecule has 0 atom stereocenters. The van der Waals surface area contributed by atoms with Crippen LogP contribution >= 0.6 is 15.9 Å². The molecule has 0 saturated carbocycles. The normalized spacial score (nSPS) is 10.1. The van der Waals surface area contributed by atoms with Gasteiger partial charge >= 0.3 is 0 Å². The molecule has 0 unspecified atom stereocenters. The Balaban J connectivity index is 1.95. The largest absolute Gasteiger partial charge is 0.470 e. The third kappa shape index (κ3) is 2.32. The minimum atomic E-state index is 0.386. The highest BCUT2D eigenvalue weighted by atomic mass is 79.9. The summed E-state index contributed by atoms with van der Waals surface area (Å²) in [4.78, 5) is 3.94. The SMILES string of the molecule is Brc1cnn(COc2cccnc2)c1. The van der Waals surface area contributed by atoms with Crippen LogP contribution in [-0.2, 0) is 6.73 Å². The van der Waals surface area contributed by atoms with E-state index in [-0.39, 0.29) is 0 Å². The lowest BCUT2D eigenvalue weighted by Gasteiger charge is -2.04. The van der Waals surface area contributed by atoms with Crippen LogP contribution in [-0.4, -0.2) is 14.8 Å². The monoisotopic (exact) mass is 253 g/mol. The van der Waals surface area contributed by atoms with Crippen LogP contribution in [0.1, 0.15) is 0 Å². The molecule has 0 aliphatic carbocycles. The number of pyridine rings is 1. The van der Waals surface area contributed by atoms with Crippen molar-refractivity contribution < 1.29 is 4.74 Å². The summed E-state index contributed by atoms with van der Waals surface area (Å²) in [6, 6.07) is 3.68. The van der Waals surface area contributed by atoms with E-state index in [2.05, 4.69) is 26.0 Å². The second kappa shape index (κ2) is 4.23. The highest BCUT2D eigenvalue weighted by Gasteiger charge is 1.95. The minimum Gasteiger partial charge on any atom is -0.470 e. The lowest BCUT2D eigenvalue weighted by molar-refractivity contribution is 0.220. The topological polar surface area (TPSA) is 39.9 Å². The second-order valence-electron chi connectivity index (χ2n) is 2.66. The summed E-state index contributed by atoms with van der Waals surface area (Å²) in [6.07, 6.45) is 6.93. The molecule has 0 radical (unpaired) electrons. The molecule has 0 aromatic carbocycles. The molecule has 0 fully saturated rings. The van der Waals surface area contributed by atoms with Crippen LogP contribution in [0, 0.1) is 0 Å². The van der Waals surface area contributed by atoms with Crippen molar-refractivity contribution in [2.45, 2.75) is 6.73 Å². The van der Waals surface area contributed by atoms with Gasteiger partial charge in [-0.3, -0.25) is 4.98 Å². The first kappa shape index (κ1) is 9.21. The van der Waals surface area contributed by atoms with Gasteiger partial charge in [0.05, 0.1) is 16.9 Å². The van der Waals surface area contributed by atoms with E-state index in [9.17, 15) is 0 Å². The number of rotatable bonds is 3. The standard InChI is InChI=1S/C9H8BrN3O/c10-8-4-12-13(6-8)7-14-9-2-1-3-11-5-9/h1-6H,7H2. The lowest BCUT2D eigenvalue weighted by Crippen LogP contribution is -2.05. The zero-order chi connectivity index (χ0) is 9.80. The second-order valence-corrected chi connectivity index (χ2v) is 3.58. The van der Waals surface area contributed by atoms with Crippen LogP contribution in [0.4, 0.5) is 0 Å². The van der Waals surface area contributed by atoms with E-state index < -0.39 is 0 Å². The van der Waals surface area contributed by atoms with Gasteiger partial charge in [0.1, 0.15) is 5.75 Å². The Labute approximate surface area is 89.7 Å². The molecule has 14 heavy (non-hydrogen) atoms. The number of halogens is 1. The molecule has 2 heterocycles. The molecule has 72 valence electrons. The quantitative estimate of drug-likeness (QED) is 0.841. The number of ether oxygens (including phenoxy) is 1. The van der Waals surface area contributed by atoms with Gasteiger partial charge < -0.3 is 4.74 Å². The predicted octanol–water partition coefficient (Wildman–Crippen LogP) is 2.08. The molecular weight excluding hydrogens is 246 g/mol. The van der Waals surface area contributed by atoms with E-state index in [0.29, 0.717) is 6.73 Å². The zero-order valence-corrected chi connectivity index (χ0v) is 8.89. The number of aromatic nitrogens is 3. The van der Waals surface area contributed by atoms with Crippen molar-refractivity contribution in [1.29, 1.82) is 0 Å². The zero-order valence-electron chi connectivity index (χ0n) is 7.30. The van der Waals surface area contributed by atoms with E-state index >= 15 is 0 Å². The van der Waals surface area contributed by atoms with Gasteiger partial charge in [-0.2, -0.15) is 5.10 Å². The summed E-state index contributed by atoms with van der Waals surface area (Å²) in [5, 5.41) is 4.06. The summed E-state index contributed by atoms with van der Waals surface area (Å²) in [7, 11) is 0. The summed E-state index contributed by atoms with van der Waals surface area (Å²) < 4.78 is 8.05. The molecule has 5 heteroatoms. The van der Waals surface area contributed by atoms with Gasteiger partial charge in [-0.1, -0.05) is 0 Å². The fourth-order valence-corrected chi connectivity index (χ4v) is 1.31. The van der Waals surface area contributed by atoms with Crippen molar-refractivity contribution in [1.82, 2.24) is 14.8 Å². The maximum absolute atomic E-state index is 5.42. The number of nitrogens with zero attached hydrogens (tertiary/aromatic N) is 3. The van der Waals surface area contributed by atoms with Crippen molar-refractivity contribution >= 4 is 15.9 Å². The Kier molecular flexibility index (Phi) is 2.78. The van der Waals surface area contributed by atoms with E-state index in [1.165, 1.54) is 0 Å². The molecule has 2 aromatic rings. The van der Waals surface area contributed by atoms with Gasteiger partial charge in [-0.15, -0.1) is 0 Å². The van der Waals surface area contributed by atoms with Gasteiger partial charge in [0.15, 0.2) is 6.73 Å². The molecule has 4 nitrogen and oxygen atoms in total. The fraction of sp³-hybridized carbons (Fsp3) is 0.111. The van der Waals surface area contributed by atoms with E-state index in [1.54, 1.807) is 23.3 Å². The summed E-state index contributed by atoms with van der Waals surface area (Å²) in [5.74, 6) is 0.735. The Morgan fingerprint density at radius 1 is 1.43 bits per heavy atom. The van der Waals surface area contributed by atoms with Crippen molar-refractivity contribution in [2.75, 3.05) is 0 Å². The Hall–Kier alpha value is -1.36. The van der Waals surface area contributed by atoms with Gasteiger partial charge in [-0.05, 0) is 28.1 Å². The summed E-state index contributed by atoms with van der Waals surface area (Å²) in [5.41, 5.74) is 0. The highest BCUT2D eigenvalue weighted by Crippen LogP contribution is 2.09. The van der Waals surface area contributed by atoms with Gasteiger partial charge in [0.2, 0.25) is 0 Å². The third-order valence-electron chi connectivity index (χ3n) is 1.60. The highest BCUT2D eigenvalue weighted by molar-refractivity contribution is 9.10. The van der Waals surface area contributed by atoms with Crippen molar-refractivity contribution in [3.8, 4) is 5.75 Å². The Morgan fingerprint density at radius 2 is 2.36 bits per heavy atom. The molecule has 2 rings (SSSR count). The smallest absolute Gasteiger partial charge is 0.181 e. The maximum atomic E-state index is 5.42. The number of hydrogen-bond donors (Lipinski definition) is 0. The molecule has 0 aliphatic rings. The van der Waals surface area contributed by atoms with E-state index in [4.69, 9.17) is 4.74 Å². The van der Waals surface area contributed by atoms with Crippen molar-refractivity contribution in [2.24, 2.45) is 0 Å². The van der Waals surface area contributed by atoms with Crippen LogP contribution < -0.4 is 4.74 Å². The molecule has 0 bridgehead atoms. The lowest BCUT2D eigenvalue weighted by atomic mass is 10.5. The van der Waals surface area contributed by atoms with Crippen LogP contribution in [0.5, 0.6) is 5.75 Å². The Morgan fingerprint density at radius 3 is 3.00 bits per heavy atom. The fourth-order valence-electron chi connectivity index (χ4n) is 0.982. The van der Waals surface area contributed by atoms with Gasteiger partial charge in [0, 0.05) is 12.4 Å². The van der Waals surface area contributed by atoms with Crippen LogP contribution in [0.2, 0.25) is 0 Å². The van der Waals surface area contributed by atoms with E-state index in [0.717, 1.165) is 10.2 Å². The molecular formula is C9H8BrN3O. The maximum Gasteiger partial charge on any atom is 0.181 e.